The van der Waals surface area contributed by atoms with Crippen LogP contribution in [0.5, 0.6) is 0 Å². The highest BCUT2D eigenvalue weighted by atomic mass is 19.4. The van der Waals surface area contributed by atoms with Gasteiger partial charge in [-0.1, -0.05) is 19.1 Å². The number of H-pyrrole nitrogens is 1. The summed E-state index contributed by atoms with van der Waals surface area (Å²) in [5, 5.41) is 4.78. The van der Waals surface area contributed by atoms with Gasteiger partial charge in [0.1, 0.15) is 5.82 Å². The highest BCUT2D eigenvalue weighted by Gasteiger charge is 2.38. The van der Waals surface area contributed by atoms with Crippen molar-refractivity contribution in [1.82, 2.24) is 9.97 Å². The summed E-state index contributed by atoms with van der Waals surface area (Å²) in [5.74, 6) is -2.42. The standard InChI is InChI=1S/C22H24F3N5O3/c1-2-12-7-5-6-10-30(12)21-28-18-17(20(33)29-21)13(11-16(31)27-18)19(32)26-15-9-4-3-8-14(15)22(23,24)25/h3-4,8-9,12-13H,2,5-7,10-11H2,1H3,(H,26,32)(H2,27,28,29,31,33)/t12-,13-/m0/s1. The number of halogens is 3. The van der Waals surface area contributed by atoms with Crippen LogP contribution in [0.4, 0.5) is 30.6 Å². The molecular formula is C22H24F3N5O3. The maximum absolute atomic E-state index is 13.3. The Morgan fingerprint density at radius 1 is 1.24 bits per heavy atom. The predicted octanol–water partition coefficient (Wildman–Crippen LogP) is 3.62. The number of fused-ring (bicyclic) bond motifs is 1. The lowest BCUT2D eigenvalue weighted by molar-refractivity contribution is -0.137. The van der Waals surface area contributed by atoms with E-state index in [2.05, 4.69) is 20.6 Å². The van der Waals surface area contributed by atoms with Gasteiger partial charge in [-0.3, -0.25) is 19.4 Å². The fraction of sp³-hybridized carbons (Fsp3) is 0.455. The summed E-state index contributed by atoms with van der Waals surface area (Å²) in [6.45, 7) is 2.74. The molecule has 0 saturated carbocycles. The van der Waals surface area contributed by atoms with Crippen LogP contribution in [0.3, 0.4) is 0 Å². The molecule has 4 rings (SSSR count). The third-order valence-corrected chi connectivity index (χ3v) is 6.12. The second-order valence-electron chi connectivity index (χ2n) is 8.24. The molecule has 1 saturated heterocycles. The fourth-order valence-electron chi connectivity index (χ4n) is 4.48. The Kier molecular flexibility index (Phi) is 6.13. The Morgan fingerprint density at radius 2 is 2.00 bits per heavy atom. The van der Waals surface area contributed by atoms with Gasteiger partial charge in [0.05, 0.1) is 22.7 Å². The van der Waals surface area contributed by atoms with E-state index in [0.717, 1.165) is 37.8 Å². The van der Waals surface area contributed by atoms with Gasteiger partial charge in [0.2, 0.25) is 17.8 Å². The molecule has 3 N–H and O–H groups in total. The lowest BCUT2D eigenvalue weighted by atomic mass is 9.92. The van der Waals surface area contributed by atoms with Crippen LogP contribution in [-0.2, 0) is 15.8 Å². The van der Waals surface area contributed by atoms with Crippen molar-refractivity contribution < 1.29 is 22.8 Å². The number of alkyl halides is 3. The van der Waals surface area contributed by atoms with Crippen molar-refractivity contribution in [2.75, 3.05) is 22.1 Å². The molecule has 1 fully saturated rings. The van der Waals surface area contributed by atoms with E-state index in [1.165, 1.54) is 12.1 Å². The van der Waals surface area contributed by atoms with Crippen LogP contribution in [0.25, 0.3) is 0 Å². The molecule has 1 aromatic heterocycles. The third-order valence-electron chi connectivity index (χ3n) is 6.12. The Labute approximate surface area is 187 Å². The number of anilines is 3. The molecule has 2 aromatic rings. The first-order valence-corrected chi connectivity index (χ1v) is 10.9. The van der Waals surface area contributed by atoms with E-state index in [4.69, 9.17) is 0 Å². The summed E-state index contributed by atoms with van der Waals surface area (Å²) >= 11 is 0. The van der Waals surface area contributed by atoms with Crippen molar-refractivity contribution in [1.29, 1.82) is 0 Å². The molecule has 0 spiro atoms. The van der Waals surface area contributed by atoms with Gasteiger partial charge >= 0.3 is 6.18 Å². The van der Waals surface area contributed by atoms with Crippen LogP contribution in [-0.4, -0.2) is 34.4 Å². The van der Waals surface area contributed by atoms with Gasteiger partial charge in [-0.05, 0) is 37.8 Å². The van der Waals surface area contributed by atoms with E-state index < -0.39 is 40.7 Å². The van der Waals surface area contributed by atoms with Gasteiger partial charge in [0.25, 0.3) is 5.56 Å². The molecule has 8 nitrogen and oxygen atoms in total. The van der Waals surface area contributed by atoms with E-state index >= 15 is 0 Å². The largest absolute Gasteiger partial charge is 0.418 e. The number of nitrogens with zero attached hydrogens (tertiary/aromatic N) is 2. The van der Waals surface area contributed by atoms with Gasteiger partial charge in [-0.2, -0.15) is 18.2 Å². The van der Waals surface area contributed by atoms with Crippen molar-refractivity contribution in [3.05, 3.63) is 45.7 Å². The number of piperidine rings is 1. The van der Waals surface area contributed by atoms with Gasteiger partial charge in [0.15, 0.2) is 0 Å². The summed E-state index contributed by atoms with van der Waals surface area (Å²) in [5.41, 5.74) is -2.12. The van der Waals surface area contributed by atoms with E-state index in [1.54, 1.807) is 0 Å². The second kappa shape index (κ2) is 8.87. The SMILES string of the molecule is CC[C@H]1CCCCN1c1nc2c(c(=O)[nH]1)[C@@H](C(=O)Nc1ccccc1C(F)(F)F)CC(=O)N2. The first-order chi connectivity index (χ1) is 15.7. The van der Waals surface area contributed by atoms with Crippen LogP contribution in [0.1, 0.15) is 56.1 Å². The number of rotatable bonds is 4. The topological polar surface area (TPSA) is 107 Å². The number of para-hydroxylation sites is 1. The number of aromatic amines is 1. The highest BCUT2D eigenvalue weighted by Crippen LogP contribution is 2.36. The average molecular weight is 463 g/mol. The molecule has 1 aromatic carbocycles. The molecule has 2 aliphatic rings. The second-order valence-corrected chi connectivity index (χ2v) is 8.24. The summed E-state index contributed by atoms with van der Waals surface area (Å²) in [6, 6.07) is 4.73. The molecule has 11 heteroatoms. The Hall–Kier alpha value is -3.37. The fourth-order valence-corrected chi connectivity index (χ4v) is 4.48. The monoisotopic (exact) mass is 463 g/mol. The van der Waals surface area contributed by atoms with Crippen LogP contribution >= 0.6 is 0 Å². The average Bonchev–Trinajstić information content (AvgIpc) is 2.77. The smallest absolute Gasteiger partial charge is 0.339 e. The summed E-state index contributed by atoms with van der Waals surface area (Å²) in [6.07, 6.45) is -1.23. The first-order valence-electron chi connectivity index (χ1n) is 10.9. The normalized spacial score (nSPS) is 20.7. The number of benzene rings is 1. The molecule has 0 bridgehead atoms. The lowest BCUT2D eigenvalue weighted by Crippen LogP contribution is -2.43. The minimum atomic E-state index is -4.68. The minimum absolute atomic E-state index is 0.0327. The van der Waals surface area contributed by atoms with E-state index in [9.17, 15) is 27.6 Å². The van der Waals surface area contributed by atoms with Crippen molar-refractivity contribution >= 4 is 29.3 Å². The molecule has 0 radical (unpaired) electrons. The number of nitrogens with one attached hydrogen (secondary N) is 3. The van der Waals surface area contributed by atoms with Gasteiger partial charge < -0.3 is 15.5 Å². The van der Waals surface area contributed by atoms with Crippen molar-refractivity contribution in [3.8, 4) is 0 Å². The molecular weight excluding hydrogens is 439 g/mol. The van der Waals surface area contributed by atoms with E-state index in [-0.39, 0.29) is 23.8 Å². The molecule has 0 unspecified atom stereocenters. The van der Waals surface area contributed by atoms with Crippen LogP contribution in [0.15, 0.2) is 29.1 Å². The molecule has 2 atom stereocenters. The maximum Gasteiger partial charge on any atom is 0.418 e. The number of carbonyl (C=O) groups excluding carboxylic acids is 2. The third kappa shape index (κ3) is 4.57. The summed E-state index contributed by atoms with van der Waals surface area (Å²) < 4.78 is 39.9. The zero-order valence-corrected chi connectivity index (χ0v) is 18.0. The van der Waals surface area contributed by atoms with Crippen molar-refractivity contribution in [2.24, 2.45) is 0 Å². The zero-order chi connectivity index (χ0) is 23.8. The molecule has 0 aliphatic carbocycles. The number of hydrogen-bond acceptors (Lipinski definition) is 5. The molecule has 3 heterocycles. The van der Waals surface area contributed by atoms with Crippen LogP contribution < -0.4 is 21.1 Å². The Bertz CT molecular complexity index is 1130. The number of hydrogen-bond donors (Lipinski definition) is 3. The summed E-state index contributed by atoms with van der Waals surface area (Å²) in [4.78, 5) is 47.4. The van der Waals surface area contributed by atoms with Crippen LogP contribution in [0.2, 0.25) is 0 Å². The Balaban J connectivity index is 1.67. The summed E-state index contributed by atoms with van der Waals surface area (Å²) in [7, 11) is 0. The number of aromatic nitrogens is 2. The molecule has 176 valence electrons. The Morgan fingerprint density at radius 3 is 2.73 bits per heavy atom. The lowest BCUT2D eigenvalue weighted by Gasteiger charge is -2.36. The van der Waals surface area contributed by atoms with Crippen LogP contribution in [0, 0.1) is 0 Å². The van der Waals surface area contributed by atoms with Crippen molar-refractivity contribution in [3.63, 3.8) is 0 Å². The first kappa shape index (κ1) is 22.8. The van der Waals surface area contributed by atoms with Gasteiger partial charge in [-0.25, -0.2) is 0 Å². The molecule has 2 aliphatic heterocycles. The zero-order valence-electron chi connectivity index (χ0n) is 18.0. The maximum atomic E-state index is 13.3. The number of amides is 2. The van der Waals surface area contributed by atoms with E-state index in [1.807, 2.05) is 11.8 Å². The minimum Gasteiger partial charge on any atom is -0.339 e. The van der Waals surface area contributed by atoms with E-state index in [0.29, 0.717) is 12.5 Å². The predicted molar refractivity (Wildman–Crippen MR) is 116 cm³/mol. The number of carbonyl (C=O) groups is 2. The van der Waals surface area contributed by atoms with Crippen molar-refractivity contribution in [2.45, 2.75) is 57.2 Å². The quantitative estimate of drug-likeness (QED) is 0.642. The molecule has 33 heavy (non-hydrogen) atoms. The molecule has 2 amide bonds. The van der Waals surface area contributed by atoms with Gasteiger partial charge in [-0.15, -0.1) is 0 Å². The van der Waals surface area contributed by atoms with Gasteiger partial charge in [0, 0.05) is 19.0 Å². The highest BCUT2D eigenvalue weighted by molar-refractivity contribution is 6.04.